The normalized spacial score (nSPS) is 19.1. The van der Waals surface area contributed by atoms with Gasteiger partial charge < -0.3 is 30.2 Å². The fourth-order valence-electron chi connectivity index (χ4n) is 6.45. The Morgan fingerprint density at radius 2 is 1.62 bits per heavy atom. The zero-order valence-corrected chi connectivity index (χ0v) is 27.2. The van der Waals surface area contributed by atoms with Gasteiger partial charge in [-0.25, -0.2) is 14.8 Å². The number of hydrogen-bond acceptors (Lipinski definition) is 8. The minimum absolute atomic E-state index is 0.0776. The Labute approximate surface area is 269 Å². The van der Waals surface area contributed by atoms with E-state index in [9.17, 15) is 9.59 Å². The van der Waals surface area contributed by atoms with Crippen molar-refractivity contribution in [3.05, 3.63) is 59.1 Å². The number of nitrogens with one attached hydrogen (secondary N) is 4. The molecule has 0 bridgehead atoms. The summed E-state index contributed by atoms with van der Waals surface area (Å²) in [5.74, 6) is 1.60. The van der Waals surface area contributed by atoms with Crippen molar-refractivity contribution < 1.29 is 14.3 Å². The molecule has 45 heavy (non-hydrogen) atoms. The fourth-order valence-corrected chi connectivity index (χ4v) is 8.89. The minimum atomic E-state index is -0.658. The molecule has 5 aromatic rings. The molecule has 2 fully saturated rings. The highest BCUT2D eigenvalue weighted by Crippen LogP contribution is 2.44. The lowest BCUT2D eigenvalue weighted by atomic mass is 10.0. The van der Waals surface area contributed by atoms with Crippen LogP contribution in [-0.4, -0.2) is 63.1 Å². The van der Waals surface area contributed by atoms with Crippen molar-refractivity contribution >= 4 is 44.1 Å². The minimum Gasteiger partial charge on any atom is -0.453 e. The summed E-state index contributed by atoms with van der Waals surface area (Å²) >= 11 is 3.55. The zero-order chi connectivity index (χ0) is 31.1. The molecule has 10 nitrogen and oxygen atoms in total. The molecule has 4 aromatic heterocycles. The van der Waals surface area contributed by atoms with E-state index < -0.39 is 12.1 Å². The van der Waals surface area contributed by atoms with Gasteiger partial charge in [-0.2, -0.15) is 0 Å². The lowest BCUT2D eigenvalue weighted by Gasteiger charge is -2.30. The summed E-state index contributed by atoms with van der Waals surface area (Å²) in [5.41, 5.74) is 6.63. The van der Waals surface area contributed by atoms with E-state index in [0.717, 1.165) is 54.4 Å². The highest BCUT2D eigenvalue weighted by Gasteiger charge is 2.37. The summed E-state index contributed by atoms with van der Waals surface area (Å²) < 4.78 is 7.32. The molecule has 0 radical (unpaired) electrons. The van der Waals surface area contributed by atoms with Crippen molar-refractivity contribution in [2.75, 3.05) is 20.2 Å². The van der Waals surface area contributed by atoms with Gasteiger partial charge in [-0.3, -0.25) is 4.79 Å². The van der Waals surface area contributed by atoms with Crippen LogP contribution in [0.5, 0.6) is 0 Å². The van der Waals surface area contributed by atoms with E-state index in [-0.39, 0.29) is 17.9 Å². The maximum atomic E-state index is 13.5. The number of hydrogen-bond donors (Lipinski definition) is 4. The summed E-state index contributed by atoms with van der Waals surface area (Å²) in [6.07, 6.45) is 7.21. The third-order valence-corrected chi connectivity index (χ3v) is 11.1. The van der Waals surface area contributed by atoms with Crippen molar-refractivity contribution in [3.63, 3.8) is 0 Å². The number of aromatic amines is 2. The molecule has 2 aliphatic heterocycles. The highest BCUT2D eigenvalue weighted by molar-refractivity contribution is 7.27. The number of benzene rings is 1. The number of rotatable bonds is 8. The van der Waals surface area contributed by atoms with Gasteiger partial charge in [-0.1, -0.05) is 38.1 Å². The Balaban J connectivity index is 1.07. The topological polar surface area (TPSA) is 128 Å². The number of nitrogens with zero attached hydrogens (tertiary/aromatic N) is 3. The number of H-pyrrole nitrogens is 2. The number of alkyl carbamates (subject to hydrolysis) is 1. The molecular formula is C33H37N7O3S2. The fraction of sp³-hybridized carbons (Fsp3) is 0.394. The Hall–Kier alpha value is -4.00. The van der Waals surface area contributed by atoms with Gasteiger partial charge in [0.05, 0.1) is 52.4 Å². The Morgan fingerprint density at radius 3 is 2.36 bits per heavy atom. The first-order valence-electron chi connectivity index (χ1n) is 15.5. The molecule has 0 spiro atoms. The average molecular weight is 644 g/mol. The van der Waals surface area contributed by atoms with Gasteiger partial charge in [0.2, 0.25) is 5.91 Å². The molecule has 7 rings (SSSR count). The van der Waals surface area contributed by atoms with Crippen LogP contribution in [0.1, 0.15) is 63.3 Å². The molecule has 3 atom stereocenters. The van der Waals surface area contributed by atoms with Crippen LogP contribution in [0, 0.1) is 5.92 Å². The standard InChI is InChI=1S/C33H37N7O3S2/c1-18(2)27(39-33(42)43-3)32(41)40-13-5-7-26(40)31-36-14-24(37-31)20-10-8-19(9-11-20)21-16-44-29-22(17-45-28(21)29)25-15-35-30(38-25)23-6-4-12-34-23/h8-11,14-18,23,26-27,34H,4-7,12-13H2,1-3H3,(H,35,38)(H,36,37)(H,39,42)/t23-,26-,27?/m0/s1. The van der Waals surface area contributed by atoms with E-state index in [2.05, 4.69) is 65.6 Å². The number of fused-ring (bicyclic) bond motifs is 1. The molecule has 1 unspecified atom stereocenters. The number of aromatic nitrogens is 4. The summed E-state index contributed by atoms with van der Waals surface area (Å²) in [7, 11) is 1.30. The van der Waals surface area contributed by atoms with Gasteiger partial charge in [0.25, 0.3) is 0 Å². The molecule has 1 aromatic carbocycles. The quantitative estimate of drug-likeness (QED) is 0.146. The van der Waals surface area contributed by atoms with Crippen LogP contribution in [0.15, 0.2) is 47.4 Å². The third kappa shape index (κ3) is 5.66. The van der Waals surface area contributed by atoms with Crippen LogP contribution >= 0.6 is 22.7 Å². The lowest BCUT2D eigenvalue weighted by molar-refractivity contribution is -0.135. The van der Waals surface area contributed by atoms with Gasteiger partial charge in [-0.05, 0) is 49.3 Å². The van der Waals surface area contributed by atoms with Crippen LogP contribution in [-0.2, 0) is 9.53 Å². The van der Waals surface area contributed by atoms with E-state index in [1.807, 2.05) is 31.1 Å². The number of methoxy groups -OCH3 is 1. The van der Waals surface area contributed by atoms with E-state index in [1.165, 1.54) is 39.6 Å². The average Bonchev–Trinajstić information content (AvgIpc) is 3.87. The first kappa shape index (κ1) is 29.7. The van der Waals surface area contributed by atoms with E-state index >= 15 is 0 Å². The molecule has 4 N–H and O–H groups in total. The largest absolute Gasteiger partial charge is 0.453 e. The summed E-state index contributed by atoms with van der Waals surface area (Å²) in [5, 5.41) is 10.7. The number of ether oxygens (including phenoxy) is 1. The number of amides is 2. The summed E-state index contributed by atoms with van der Waals surface area (Å²) in [4.78, 5) is 43.6. The van der Waals surface area contributed by atoms with Crippen molar-refractivity contribution in [2.24, 2.45) is 5.92 Å². The van der Waals surface area contributed by atoms with Gasteiger partial charge in [0, 0.05) is 28.4 Å². The first-order chi connectivity index (χ1) is 21.9. The molecule has 2 aliphatic rings. The monoisotopic (exact) mass is 643 g/mol. The number of carbonyl (C=O) groups excluding carboxylic acids is 2. The first-order valence-corrected chi connectivity index (χ1v) is 17.2. The summed E-state index contributed by atoms with van der Waals surface area (Å²) in [6, 6.07) is 8.05. The number of imidazole rings is 2. The van der Waals surface area contributed by atoms with Crippen LogP contribution in [0.3, 0.4) is 0 Å². The third-order valence-electron chi connectivity index (χ3n) is 8.91. The van der Waals surface area contributed by atoms with Crippen LogP contribution in [0.2, 0.25) is 0 Å². The Kier molecular flexibility index (Phi) is 8.19. The van der Waals surface area contributed by atoms with Crippen molar-refractivity contribution in [2.45, 2.75) is 57.7 Å². The second kappa shape index (κ2) is 12.4. The predicted octanol–water partition coefficient (Wildman–Crippen LogP) is 6.88. The molecule has 2 saturated heterocycles. The number of thiophene rings is 2. The molecule has 2 amide bonds. The van der Waals surface area contributed by atoms with Crippen molar-refractivity contribution in [1.29, 1.82) is 0 Å². The predicted molar refractivity (Wildman–Crippen MR) is 178 cm³/mol. The van der Waals surface area contributed by atoms with Gasteiger partial charge in [-0.15, -0.1) is 22.7 Å². The second-order valence-corrected chi connectivity index (χ2v) is 13.9. The highest BCUT2D eigenvalue weighted by atomic mass is 32.1. The molecule has 234 valence electrons. The van der Waals surface area contributed by atoms with Crippen LogP contribution < -0.4 is 10.6 Å². The maximum Gasteiger partial charge on any atom is 0.407 e. The van der Waals surface area contributed by atoms with Crippen molar-refractivity contribution in [3.8, 4) is 33.6 Å². The lowest BCUT2D eigenvalue weighted by Crippen LogP contribution is -2.51. The molecule has 6 heterocycles. The molecule has 0 saturated carbocycles. The number of likely N-dealkylation sites (tertiary alicyclic amines) is 1. The SMILES string of the molecule is COC(=O)NC(C(=O)N1CCC[C@H]1c1ncc(-c2ccc(-c3csc4c(-c5cnc([C@@H]6CCCN6)[nH]5)csc34)cc2)[nH]1)C(C)C. The summed E-state index contributed by atoms with van der Waals surface area (Å²) in [6.45, 7) is 5.51. The Bertz CT molecular complexity index is 1810. The molecule has 12 heteroatoms. The van der Waals surface area contributed by atoms with Crippen LogP contribution in [0.25, 0.3) is 43.0 Å². The second-order valence-electron chi connectivity index (χ2n) is 12.1. The molecule has 0 aliphatic carbocycles. The van der Waals surface area contributed by atoms with Gasteiger partial charge >= 0.3 is 6.09 Å². The maximum absolute atomic E-state index is 13.5. The van der Waals surface area contributed by atoms with E-state index in [4.69, 9.17) is 4.74 Å². The number of carbonyl (C=O) groups is 2. The van der Waals surface area contributed by atoms with Gasteiger partial charge in [0.1, 0.15) is 17.7 Å². The van der Waals surface area contributed by atoms with E-state index in [0.29, 0.717) is 12.6 Å². The van der Waals surface area contributed by atoms with Gasteiger partial charge in [0.15, 0.2) is 0 Å². The van der Waals surface area contributed by atoms with Crippen LogP contribution in [0.4, 0.5) is 4.79 Å². The zero-order valence-electron chi connectivity index (χ0n) is 25.6. The Morgan fingerprint density at radius 1 is 0.933 bits per heavy atom. The van der Waals surface area contributed by atoms with E-state index in [1.54, 1.807) is 22.7 Å². The van der Waals surface area contributed by atoms with Crippen molar-refractivity contribution in [1.82, 2.24) is 35.5 Å². The smallest absolute Gasteiger partial charge is 0.407 e. The molecular weight excluding hydrogens is 607 g/mol.